The van der Waals surface area contributed by atoms with Gasteiger partial charge >= 0.3 is 5.97 Å². The molecule has 0 N–H and O–H groups in total. The average molecular weight is 401 g/mol. The smallest absolute Gasteiger partial charge is 0.360 e. The van der Waals surface area contributed by atoms with Gasteiger partial charge in [0.2, 0.25) is 0 Å². The van der Waals surface area contributed by atoms with Crippen LogP contribution in [0.4, 0.5) is 0 Å². The first-order chi connectivity index (χ1) is 13.7. The second-order valence-electron chi connectivity index (χ2n) is 6.45. The van der Waals surface area contributed by atoms with Gasteiger partial charge in [0.15, 0.2) is 11.5 Å². The van der Waals surface area contributed by atoms with E-state index < -0.39 is 5.97 Å². The van der Waals surface area contributed by atoms with E-state index in [1.54, 1.807) is 30.4 Å². The van der Waals surface area contributed by atoms with Crippen LogP contribution < -0.4 is 0 Å². The highest BCUT2D eigenvalue weighted by Crippen LogP contribution is 2.33. The Kier molecular flexibility index (Phi) is 5.25. The van der Waals surface area contributed by atoms with Gasteiger partial charge in [-0.1, -0.05) is 5.16 Å². The molecule has 3 aromatic rings. The molecular formula is C19H19N3O5S. The van der Waals surface area contributed by atoms with Crippen molar-refractivity contribution in [1.29, 1.82) is 0 Å². The molecule has 4 rings (SSSR count). The highest BCUT2D eigenvalue weighted by atomic mass is 32.1. The molecule has 8 nitrogen and oxygen atoms in total. The molecule has 1 fully saturated rings. The Balaban J connectivity index is 1.39. The first kappa shape index (κ1) is 18.4. The van der Waals surface area contributed by atoms with Crippen molar-refractivity contribution in [3.63, 3.8) is 0 Å². The summed E-state index contributed by atoms with van der Waals surface area (Å²) in [5, 5.41) is 6.65. The Morgan fingerprint density at radius 1 is 1.36 bits per heavy atom. The van der Waals surface area contributed by atoms with Gasteiger partial charge in [0.1, 0.15) is 12.0 Å². The molecule has 0 aliphatic carbocycles. The number of nitrogens with zero attached hydrogens (tertiary/aromatic N) is 3. The summed E-state index contributed by atoms with van der Waals surface area (Å²) in [6, 6.07) is 3.23. The van der Waals surface area contributed by atoms with Crippen LogP contribution in [0.15, 0.2) is 39.0 Å². The average Bonchev–Trinajstić information content (AvgIpc) is 3.49. The molecule has 0 spiro atoms. The van der Waals surface area contributed by atoms with E-state index in [1.807, 2.05) is 10.3 Å². The van der Waals surface area contributed by atoms with E-state index in [1.165, 1.54) is 12.5 Å². The number of amides is 1. The van der Waals surface area contributed by atoms with Crippen molar-refractivity contribution in [2.45, 2.75) is 25.7 Å². The fourth-order valence-corrected chi connectivity index (χ4v) is 4.16. The number of carbonyl (C=O) groups excluding carboxylic acids is 2. The van der Waals surface area contributed by atoms with E-state index in [0.29, 0.717) is 36.0 Å². The monoisotopic (exact) mass is 401 g/mol. The molecule has 4 heterocycles. The van der Waals surface area contributed by atoms with Crippen LogP contribution in [0.1, 0.15) is 51.5 Å². The van der Waals surface area contributed by atoms with Crippen LogP contribution in [0.25, 0.3) is 11.5 Å². The summed E-state index contributed by atoms with van der Waals surface area (Å²) in [6.45, 7) is 3.38. The zero-order valence-corrected chi connectivity index (χ0v) is 16.1. The second kappa shape index (κ2) is 7.97. The maximum atomic E-state index is 12.4. The summed E-state index contributed by atoms with van der Waals surface area (Å²) in [5.41, 5.74) is 1.37. The Bertz CT molecular complexity index is 954. The third-order valence-electron chi connectivity index (χ3n) is 4.67. The Morgan fingerprint density at radius 2 is 2.18 bits per heavy atom. The fraction of sp³-hybridized carbons (Fsp3) is 0.368. The van der Waals surface area contributed by atoms with Crippen molar-refractivity contribution in [2.75, 3.05) is 19.7 Å². The normalized spacial score (nSPS) is 15.0. The van der Waals surface area contributed by atoms with Crippen LogP contribution in [-0.4, -0.2) is 46.6 Å². The number of piperidine rings is 1. The van der Waals surface area contributed by atoms with Crippen molar-refractivity contribution >= 4 is 23.2 Å². The number of aromatic nitrogens is 2. The fourth-order valence-electron chi connectivity index (χ4n) is 3.18. The minimum Gasteiger partial charge on any atom is -0.472 e. The number of furan rings is 1. The molecule has 0 bridgehead atoms. The van der Waals surface area contributed by atoms with Crippen molar-refractivity contribution in [2.24, 2.45) is 0 Å². The largest absolute Gasteiger partial charge is 0.472 e. The quantitative estimate of drug-likeness (QED) is 0.603. The molecule has 0 unspecified atom stereocenters. The number of esters is 1. The van der Waals surface area contributed by atoms with E-state index in [-0.39, 0.29) is 18.2 Å². The molecule has 28 heavy (non-hydrogen) atoms. The van der Waals surface area contributed by atoms with Crippen LogP contribution in [0, 0.1) is 0 Å². The third kappa shape index (κ3) is 3.70. The van der Waals surface area contributed by atoms with Crippen LogP contribution in [0.3, 0.4) is 0 Å². The highest BCUT2D eigenvalue weighted by Gasteiger charge is 2.27. The number of hydrogen-bond acceptors (Lipinski definition) is 8. The van der Waals surface area contributed by atoms with Crippen LogP contribution >= 0.6 is 11.3 Å². The van der Waals surface area contributed by atoms with Crippen LogP contribution in [-0.2, 0) is 4.74 Å². The number of thiazole rings is 1. The summed E-state index contributed by atoms with van der Waals surface area (Å²) in [6.07, 6.45) is 4.68. The number of carbonyl (C=O) groups is 2. The molecular weight excluding hydrogens is 382 g/mol. The molecule has 0 atom stereocenters. The third-order valence-corrected chi connectivity index (χ3v) is 5.68. The van der Waals surface area contributed by atoms with Crippen molar-refractivity contribution in [1.82, 2.24) is 15.0 Å². The van der Waals surface area contributed by atoms with E-state index in [9.17, 15) is 9.59 Å². The first-order valence-corrected chi connectivity index (χ1v) is 9.94. The summed E-state index contributed by atoms with van der Waals surface area (Å²) in [4.78, 5) is 30.6. The van der Waals surface area contributed by atoms with E-state index in [2.05, 4.69) is 10.1 Å². The lowest BCUT2D eigenvalue weighted by atomic mass is 9.97. The minimum atomic E-state index is -0.511. The van der Waals surface area contributed by atoms with E-state index >= 15 is 0 Å². The number of hydrogen-bond donors (Lipinski definition) is 0. The zero-order chi connectivity index (χ0) is 19.5. The number of ether oxygens (including phenoxy) is 1. The van der Waals surface area contributed by atoms with E-state index in [4.69, 9.17) is 13.7 Å². The zero-order valence-electron chi connectivity index (χ0n) is 15.3. The molecule has 3 aromatic heterocycles. The summed E-state index contributed by atoms with van der Waals surface area (Å²) in [5.74, 6) is 0.223. The van der Waals surface area contributed by atoms with Gasteiger partial charge in [-0.25, -0.2) is 9.78 Å². The molecule has 1 saturated heterocycles. The number of rotatable bonds is 5. The molecule has 1 aliphatic rings. The molecule has 1 amide bonds. The maximum Gasteiger partial charge on any atom is 0.360 e. The Labute approximate surface area is 165 Å². The van der Waals surface area contributed by atoms with Gasteiger partial charge in [-0.05, 0) is 25.8 Å². The minimum absolute atomic E-state index is 0.000169. The topological polar surface area (TPSA) is 98.7 Å². The van der Waals surface area contributed by atoms with Gasteiger partial charge < -0.3 is 18.6 Å². The summed E-state index contributed by atoms with van der Waals surface area (Å²) >= 11 is 1.55. The molecule has 0 radical (unpaired) electrons. The first-order valence-electron chi connectivity index (χ1n) is 9.06. The van der Waals surface area contributed by atoms with Gasteiger partial charge in [-0.15, -0.1) is 11.3 Å². The van der Waals surface area contributed by atoms with Crippen molar-refractivity contribution in [3.8, 4) is 11.5 Å². The maximum absolute atomic E-state index is 12.4. The Hall–Kier alpha value is -2.94. The molecule has 9 heteroatoms. The molecule has 0 aromatic carbocycles. The predicted octanol–water partition coefficient (Wildman–Crippen LogP) is 3.59. The summed E-state index contributed by atoms with van der Waals surface area (Å²) < 4.78 is 15.1. The van der Waals surface area contributed by atoms with Gasteiger partial charge in [-0.2, -0.15) is 0 Å². The van der Waals surface area contributed by atoms with Gasteiger partial charge in [0.05, 0.1) is 23.4 Å². The van der Waals surface area contributed by atoms with E-state index in [0.717, 1.165) is 17.8 Å². The summed E-state index contributed by atoms with van der Waals surface area (Å²) in [7, 11) is 0. The van der Waals surface area contributed by atoms with Crippen LogP contribution in [0.5, 0.6) is 0 Å². The SMILES string of the molecule is CCOC(=O)c1cc(-c2csc(C3CCN(C(=O)c4ccoc4)CC3)n2)on1. The van der Waals surface area contributed by atoms with Crippen molar-refractivity contribution in [3.05, 3.63) is 46.3 Å². The molecule has 1 aliphatic heterocycles. The highest BCUT2D eigenvalue weighted by molar-refractivity contribution is 7.10. The second-order valence-corrected chi connectivity index (χ2v) is 7.34. The molecule has 146 valence electrons. The van der Waals surface area contributed by atoms with Crippen molar-refractivity contribution < 1.29 is 23.3 Å². The van der Waals surface area contributed by atoms with Gasteiger partial charge in [0.25, 0.3) is 5.91 Å². The lowest BCUT2D eigenvalue weighted by Gasteiger charge is -2.30. The lowest BCUT2D eigenvalue weighted by Crippen LogP contribution is -2.37. The van der Waals surface area contributed by atoms with Gasteiger partial charge in [-0.3, -0.25) is 4.79 Å². The molecule has 0 saturated carbocycles. The number of likely N-dealkylation sites (tertiary alicyclic amines) is 1. The predicted molar refractivity (Wildman–Crippen MR) is 100 cm³/mol. The van der Waals surface area contributed by atoms with Gasteiger partial charge in [0, 0.05) is 30.5 Å². The Morgan fingerprint density at radius 3 is 2.89 bits per heavy atom. The standard InChI is InChI=1S/C19H19N3O5S/c1-2-26-19(24)14-9-16(27-21-14)15-11-28-17(20-15)12-3-6-22(7-4-12)18(23)13-5-8-25-10-13/h5,8-12H,2-4,6-7H2,1H3. The lowest BCUT2D eigenvalue weighted by molar-refractivity contribution is 0.0514. The van der Waals surface area contributed by atoms with Crippen LogP contribution in [0.2, 0.25) is 0 Å².